The van der Waals surface area contributed by atoms with Gasteiger partial charge in [-0.25, -0.2) is 9.78 Å². The molecule has 4 aromatic rings. The quantitative estimate of drug-likeness (QED) is 0.448. The second-order valence-corrected chi connectivity index (χ2v) is 7.29. The van der Waals surface area contributed by atoms with E-state index in [-0.39, 0.29) is 0 Å². The number of aromatic carboxylic acids is 1. The Balaban J connectivity index is 1.55. The molecule has 1 heterocycles. The number of carbonyl (C=O) groups is 1. The second kappa shape index (κ2) is 7.48. The van der Waals surface area contributed by atoms with E-state index in [0.717, 1.165) is 40.3 Å². The summed E-state index contributed by atoms with van der Waals surface area (Å²) in [4.78, 5) is 16.8. The number of carboxylic acid groups (broad SMARTS) is 1. The molecule has 4 nitrogen and oxygen atoms in total. The largest absolute Gasteiger partial charge is 0.478 e. The van der Waals surface area contributed by atoms with Crippen LogP contribution in [0.2, 0.25) is 0 Å². The lowest BCUT2D eigenvalue weighted by Crippen LogP contribution is -2.05. The fourth-order valence-electron chi connectivity index (χ4n) is 4.02. The summed E-state index contributed by atoms with van der Waals surface area (Å²) in [5, 5.41) is 10.5. The molecular weight excluding hydrogens is 374 g/mol. The van der Waals surface area contributed by atoms with E-state index in [2.05, 4.69) is 6.08 Å². The van der Waals surface area contributed by atoms with Crippen LogP contribution in [0.3, 0.4) is 0 Å². The molecule has 5 rings (SSSR count). The first-order valence-electron chi connectivity index (χ1n) is 9.88. The standard InChI is InChI=1S/C26H19NO3/c28-26(29)24-21-11-4-5-12-23(21)27-25-18(13-14-22(24)25)15-17-7-6-10-20(16-17)30-19-8-2-1-3-9-19/h1-12,15-16H,13-14H2,(H,28,29)/b18-15+. The maximum atomic E-state index is 12.0. The van der Waals surface area contributed by atoms with Crippen LogP contribution in [0.25, 0.3) is 22.6 Å². The molecule has 1 aliphatic rings. The molecule has 146 valence electrons. The van der Waals surface area contributed by atoms with E-state index in [9.17, 15) is 9.90 Å². The smallest absolute Gasteiger partial charge is 0.336 e. The molecule has 0 saturated heterocycles. The van der Waals surface area contributed by atoms with Crippen molar-refractivity contribution in [3.05, 3.63) is 101 Å². The normalized spacial score (nSPS) is 14.1. The SMILES string of the molecule is O=C(O)c1c2c(nc3ccccc13)/C(=C/c1cccc(Oc3ccccc3)c1)CC2. The van der Waals surface area contributed by atoms with E-state index in [4.69, 9.17) is 9.72 Å². The number of nitrogens with zero attached hydrogens (tertiary/aromatic N) is 1. The van der Waals surface area contributed by atoms with E-state index in [1.807, 2.05) is 78.9 Å². The third kappa shape index (κ3) is 3.33. The summed E-state index contributed by atoms with van der Waals surface area (Å²) < 4.78 is 5.94. The fourth-order valence-corrected chi connectivity index (χ4v) is 4.02. The number of carboxylic acids is 1. The Morgan fingerprint density at radius 2 is 1.67 bits per heavy atom. The molecule has 1 N–H and O–H groups in total. The minimum absolute atomic E-state index is 0.375. The molecular formula is C26H19NO3. The molecule has 0 spiro atoms. The highest BCUT2D eigenvalue weighted by Crippen LogP contribution is 2.37. The van der Waals surface area contributed by atoms with Gasteiger partial charge < -0.3 is 9.84 Å². The number of rotatable bonds is 4. The molecule has 0 unspecified atom stereocenters. The zero-order valence-corrected chi connectivity index (χ0v) is 16.2. The Bertz CT molecular complexity index is 1290. The van der Waals surface area contributed by atoms with E-state index in [1.54, 1.807) is 0 Å². The van der Waals surface area contributed by atoms with Crippen molar-refractivity contribution in [1.82, 2.24) is 4.98 Å². The number of ether oxygens (including phenoxy) is 1. The molecule has 4 heteroatoms. The Kier molecular flexibility index (Phi) is 4.52. The third-order valence-corrected chi connectivity index (χ3v) is 5.33. The number of para-hydroxylation sites is 2. The topological polar surface area (TPSA) is 59.4 Å². The van der Waals surface area contributed by atoms with Crippen LogP contribution in [0.1, 0.15) is 33.6 Å². The average molecular weight is 393 g/mol. The highest BCUT2D eigenvalue weighted by Gasteiger charge is 2.26. The van der Waals surface area contributed by atoms with Crippen LogP contribution in [0.15, 0.2) is 78.9 Å². The van der Waals surface area contributed by atoms with E-state index in [0.29, 0.717) is 22.9 Å². The maximum absolute atomic E-state index is 12.0. The lowest BCUT2D eigenvalue weighted by Gasteiger charge is -2.09. The third-order valence-electron chi connectivity index (χ3n) is 5.33. The highest BCUT2D eigenvalue weighted by molar-refractivity contribution is 6.06. The number of pyridine rings is 1. The van der Waals surface area contributed by atoms with Crippen LogP contribution in [-0.2, 0) is 6.42 Å². The molecule has 0 bridgehead atoms. The van der Waals surface area contributed by atoms with Crippen LogP contribution in [0, 0.1) is 0 Å². The summed E-state index contributed by atoms with van der Waals surface area (Å²) in [6.07, 6.45) is 3.53. The van der Waals surface area contributed by atoms with Gasteiger partial charge in [0, 0.05) is 5.39 Å². The predicted molar refractivity (Wildman–Crippen MR) is 118 cm³/mol. The van der Waals surface area contributed by atoms with Gasteiger partial charge in [0.1, 0.15) is 11.5 Å². The fraction of sp³-hybridized carbons (Fsp3) is 0.0769. The summed E-state index contributed by atoms with van der Waals surface area (Å²) in [6.45, 7) is 0. The lowest BCUT2D eigenvalue weighted by molar-refractivity contribution is 0.0698. The van der Waals surface area contributed by atoms with Crippen molar-refractivity contribution >= 4 is 28.5 Å². The monoisotopic (exact) mass is 393 g/mol. The van der Waals surface area contributed by atoms with Crippen molar-refractivity contribution in [3.8, 4) is 11.5 Å². The van der Waals surface area contributed by atoms with Gasteiger partial charge >= 0.3 is 5.97 Å². The van der Waals surface area contributed by atoms with Crippen LogP contribution < -0.4 is 4.74 Å². The molecule has 0 aliphatic heterocycles. The summed E-state index contributed by atoms with van der Waals surface area (Å²) in [7, 11) is 0. The Morgan fingerprint density at radius 1 is 0.900 bits per heavy atom. The summed E-state index contributed by atoms with van der Waals surface area (Å²) >= 11 is 0. The Morgan fingerprint density at radius 3 is 2.50 bits per heavy atom. The van der Waals surface area contributed by atoms with Gasteiger partial charge in [0.05, 0.1) is 16.8 Å². The van der Waals surface area contributed by atoms with Crippen molar-refractivity contribution in [3.63, 3.8) is 0 Å². The Labute approximate surface area is 174 Å². The Hall–Kier alpha value is -3.92. The second-order valence-electron chi connectivity index (χ2n) is 7.29. The van der Waals surface area contributed by atoms with Crippen molar-refractivity contribution in [2.24, 2.45) is 0 Å². The number of hydrogen-bond acceptors (Lipinski definition) is 3. The van der Waals surface area contributed by atoms with Gasteiger partial charge in [0.25, 0.3) is 0 Å². The van der Waals surface area contributed by atoms with Gasteiger partial charge in [-0.1, -0.05) is 48.5 Å². The molecule has 0 fully saturated rings. The zero-order chi connectivity index (χ0) is 20.5. The van der Waals surface area contributed by atoms with Gasteiger partial charge in [-0.2, -0.15) is 0 Å². The van der Waals surface area contributed by atoms with Crippen LogP contribution in [0.4, 0.5) is 0 Å². The molecule has 3 aromatic carbocycles. The number of hydrogen-bond donors (Lipinski definition) is 1. The minimum Gasteiger partial charge on any atom is -0.478 e. The van der Waals surface area contributed by atoms with Gasteiger partial charge in [-0.3, -0.25) is 0 Å². The van der Waals surface area contributed by atoms with Gasteiger partial charge in [0.2, 0.25) is 0 Å². The first-order valence-corrected chi connectivity index (χ1v) is 9.88. The van der Waals surface area contributed by atoms with E-state index >= 15 is 0 Å². The molecule has 0 radical (unpaired) electrons. The molecule has 1 aliphatic carbocycles. The average Bonchev–Trinajstić information content (AvgIpc) is 3.14. The van der Waals surface area contributed by atoms with Crippen molar-refractivity contribution < 1.29 is 14.6 Å². The first-order chi connectivity index (χ1) is 14.7. The minimum atomic E-state index is -0.899. The first kappa shape index (κ1) is 18.1. The lowest BCUT2D eigenvalue weighted by atomic mass is 10.0. The van der Waals surface area contributed by atoms with E-state index in [1.165, 1.54) is 0 Å². The van der Waals surface area contributed by atoms with Gasteiger partial charge in [-0.15, -0.1) is 0 Å². The predicted octanol–water partition coefficient (Wildman–Crippen LogP) is 6.21. The van der Waals surface area contributed by atoms with Crippen molar-refractivity contribution in [2.75, 3.05) is 0 Å². The zero-order valence-electron chi connectivity index (χ0n) is 16.2. The highest BCUT2D eigenvalue weighted by atomic mass is 16.5. The summed E-state index contributed by atoms with van der Waals surface area (Å²) in [5.41, 5.74) is 4.75. The number of allylic oxidation sites excluding steroid dienone is 1. The van der Waals surface area contributed by atoms with Crippen LogP contribution in [-0.4, -0.2) is 16.1 Å². The van der Waals surface area contributed by atoms with Crippen LogP contribution in [0.5, 0.6) is 11.5 Å². The summed E-state index contributed by atoms with van der Waals surface area (Å²) in [5.74, 6) is 0.642. The van der Waals surface area contributed by atoms with Crippen LogP contribution >= 0.6 is 0 Å². The van der Waals surface area contributed by atoms with Gasteiger partial charge in [-0.05, 0) is 65.9 Å². The molecule has 0 amide bonds. The molecule has 0 saturated carbocycles. The maximum Gasteiger partial charge on any atom is 0.336 e. The number of benzene rings is 3. The van der Waals surface area contributed by atoms with Crippen molar-refractivity contribution in [2.45, 2.75) is 12.8 Å². The number of aromatic nitrogens is 1. The molecule has 30 heavy (non-hydrogen) atoms. The molecule has 0 atom stereocenters. The number of fused-ring (bicyclic) bond motifs is 2. The van der Waals surface area contributed by atoms with Crippen molar-refractivity contribution in [1.29, 1.82) is 0 Å². The summed E-state index contributed by atoms with van der Waals surface area (Å²) in [6, 6.07) is 25.0. The van der Waals surface area contributed by atoms with Gasteiger partial charge in [0.15, 0.2) is 0 Å². The molecule has 1 aromatic heterocycles. The van der Waals surface area contributed by atoms with E-state index < -0.39 is 5.97 Å².